The number of amides is 2. The van der Waals surface area contributed by atoms with Gasteiger partial charge in [-0.1, -0.05) is 24.0 Å². The lowest BCUT2D eigenvalue weighted by Crippen LogP contribution is -2.57. The molecule has 10 heteroatoms. The summed E-state index contributed by atoms with van der Waals surface area (Å²) in [6.07, 6.45) is 0. The Kier molecular flexibility index (Phi) is 9.81. The van der Waals surface area contributed by atoms with Crippen molar-refractivity contribution in [2.24, 2.45) is 5.41 Å². The second-order valence-electron chi connectivity index (χ2n) is 10.4. The zero-order valence-electron chi connectivity index (χ0n) is 22.5. The van der Waals surface area contributed by atoms with Gasteiger partial charge in [-0.25, -0.2) is 9.18 Å². The zero-order valence-corrected chi connectivity index (χ0v) is 22.5. The number of hydroxylamine groups is 1. The molecule has 0 aromatic heterocycles. The molecule has 1 fully saturated rings. The van der Waals surface area contributed by atoms with Gasteiger partial charge in [0.05, 0.1) is 18.6 Å². The van der Waals surface area contributed by atoms with Gasteiger partial charge in [0.25, 0.3) is 11.8 Å². The smallest absolute Gasteiger partial charge is 0.337 e. The molecule has 39 heavy (non-hydrogen) atoms. The number of hydrogen-bond acceptors (Lipinski definition) is 7. The molecular formula is C29H34FN3O6. The van der Waals surface area contributed by atoms with E-state index in [1.807, 2.05) is 24.3 Å². The number of nitrogens with zero attached hydrogens (tertiary/aromatic N) is 1. The standard InChI is InChI=1S/C29H34FN3O6/c1-28(2,3)27(36)39-32-26(35)24(29(4,30)37)31-25(34)23-13-11-21(12-14-23)6-5-20-7-9-22(10-8-20)19-33-15-17-38-18-16-33/h7-14,24,37H,15-19H2,1-4H3,(H,31,34)(H,32,35)/t24-,29?/m1/s1. The number of morpholine rings is 1. The summed E-state index contributed by atoms with van der Waals surface area (Å²) >= 11 is 0. The predicted molar refractivity (Wildman–Crippen MR) is 142 cm³/mol. The molecule has 0 radical (unpaired) electrons. The zero-order chi connectivity index (χ0) is 28.6. The molecular weight excluding hydrogens is 505 g/mol. The maximum atomic E-state index is 14.3. The molecule has 0 spiro atoms. The number of halogens is 1. The van der Waals surface area contributed by atoms with Gasteiger partial charge in [0.1, 0.15) is 0 Å². The average Bonchev–Trinajstić information content (AvgIpc) is 2.89. The van der Waals surface area contributed by atoms with Gasteiger partial charge in [-0.3, -0.25) is 14.5 Å². The molecule has 0 saturated carbocycles. The topological polar surface area (TPSA) is 117 Å². The Morgan fingerprint density at radius 3 is 2.05 bits per heavy atom. The molecule has 1 saturated heterocycles. The minimum Gasteiger partial charge on any atom is -0.379 e. The Morgan fingerprint density at radius 1 is 1.00 bits per heavy atom. The third-order valence-electron chi connectivity index (χ3n) is 5.88. The number of aliphatic hydroxyl groups is 1. The van der Waals surface area contributed by atoms with Crippen LogP contribution in [0.25, 0.3) is 0 Å². The fourth-order valence-corrected chi connectivity index (χ4v) is 3.52. The maximum Gasteiger partial charge on any atom is 0.337 e. The first-order valence-corrected chi connectivity index (χ1v) is 12.6. The summed E-state index contributed by atoms with van der Waals surface area (Å²) in [6, 6.07) is 12.1. The lowest BCUT2D eigenvalue weighted by atomic mass is 9.98. The lowest BCUT2D eigenvalue weighted by molar-refractivity contribution is -0.172. The molecule has 0 aliphatic carbocycles. The van der Waals surface area contributed by atoms with E-state index in [1.165, 1.54) is 17.7 Å². The first kappa shape index (κ1) is 29.8. The second-order valence-corrected chi connectivity index (χ2v) is 10.4. The van der Waals surface area contributed by atoms with Gasteiger partial charge in [-0.15, -0.1) is 0 Å². The first-order valence-electron chi connectivity index (χ1n) is 12.6. The quantitative estimate of drug-likeness (QED) is 0.381. The number of benzene rings is 2. The van der Waals surface area contributed by atoms with Gasteiger partial charge < -0.3 is 20.0 Å². The fraction of sp³-hybridized carbons (Fsp3) is 0.414. The molecule has 1 aliphatic rings. The molecule has 3 N–H and O–H groups in total. The van der Waals surface area contributed by atoms with Crippen LogP contribution >= 0.6 is 0 Å². The number of nitrogens with one attached hydrogen (secondary N) is 2. The number of hydrogen-bond donors (Lipinski definition) is 3. The van der Waals surface area contributed by atoms with Gasteiger partial charge in [0.15, 0.2) is 6.04 Å². The molecule has 3 rings (SSSR count). The summed E-state index contributed by atoms with van der Waals surface area (Å²) in [6.45, 7) is 9.60. The van der Waals surface area contributed by atoms with Gasteiger partial charge in [-0.05, 0) is 69.7 Å². The summed E-state index contributed by atoms with van der Waals surface area (Å²) in [5, 5.41) is 11.9. The van der Waals surface area contributed by atoms with Gasteiger partial charge in [-0.2, -0.15) is 5.48 Å². The molecule has 2 atom stereocenters. The van der Waals surface area contributed by atoms with Crippen LogP contribution in [0.3, 0.4) is 0 Å². The summed E-state index contributed by atoms with van der Waals surface area (Å²) < 4.78 is 19.7. The third kappa shape index (κ3) is 9.18. The van der Waals surface area contributed by atoms with Crippen LogP contribution in [0, 0.1) is 17.3 Å². The maximum absolute atomic E-state index is 14.3. The van der Waals surface area contributed by atoms with Crippen molar-refractivity contribution < 1.29 is 33.5 Å². The molecule has 2 aromatic rings. The minimum atomic E-state index is -3.13. The molecule has 9 nitrogen and oxygen atoms in total. The van der Waals surface area contributed by atoms with E-state index in [4.69, 9.17) is 4.74 Å². The van der Waals surface area contributed by atoms with Gasteiger partial charge in [0.2, 0.25) is 5.85 Å². The summed E-state index contributed by atoms with van der Waals surface area (Å²) in [5.41, 5.74) is 3.66. The largest absolute Gasteiger partial charge is 0.379 e. The number of carbonyl (C=O) groups excluding carboxylic acids is 3. The average molecular weight is 540 g/mol. The first-order chi connectivity index (χ1) is 18.3. The van der Waals surface area contributed by atoms with E-state index in [0.29, 0.717) is 12.5 Å². The lowest BCUT2D eigenvalue weighted by Gasteiger charge is -2.26. The van der Waals surface area contributed by atoms with Crippen molar-refractivity contribution in [3.63, 3.8) is 0 Å². The van der Waals surface area contributed by atoms with Crippen molar-refractivity contribution in [2.45, 2.75) is 46.1 Å². The number of alkyl halides is 1. The molecule has 1 unspecified atom stereocenters. The van der Waals surface area contributed by atoms with E-state index in [-0.39, 0.29) is 5.56 Å². The van der Waals surface area contributed by atoms with E-state index >= 15 is 0 Å². The van der Waals surface area contributed by atoms with E-state index < -0.39 is 35.1 Å². The van der Waals surface area contributed by atoms with Crippen LogP contribution in [0.5, 0.6) is 0 Å². The van der Waals surface area contributed by atoms with E-state index in [1.54, 1.807) is 38.4 Å². The van der Waals surface area contributed by atoms with Crippen molar-refractivity contribution in [1.29, 1.82) is 0 Å². The molecule has 2 aromatic carbocycles. The molecule has 2 amide bonds. The number of ether oxygens (including phenoxy) is 1. The SMILES string of the molecule is CC(C)(C)C(=O)ONC(=O)[C@@H](NC(=O)c1ccc(C#Cc2ccc(CN3CCOCC3)cc2)cc1)C(C)(O)F. The van der Waals surface area contributed by atoms with Crippen molar-refractivity contribution in [1.82, 2.24) is 15.7 Å². The summed E-state index contributed by atoms with van der Waals surface area (Å²) in [4.78, 5) is 43.9. The Balaban J connectivity index is 1.59. The fourth-order valence-electron chi connectivity index (χ4n) is 3.52. The Morgan fingerprint density at radius 2 is 1.54 bits per heavy atom. The third-order valence-corrected chi connectivity index (χ3v) is 5.88. The van der Waals surface area contributed by atoms with Crippen molar-refractivity contribution in [2.75, 3.05) is 26.3 Å². The highest BCUT2D eigenvalue weighted by molar-refractivity contribution is 5.98. The van der Waals surface area contributed by atoms with Crippen LogP contribution in [0.15, 0.2) is 48.5 Å². The van der Waals surface area contributed by atoms with E-state index in [2.05, 4.69) is 26.9 Å². The number of carbonyl (C=O) groups is 3. The monoisotopic (exact) mass is 539 g/mol. The van der Waals surface area contributed by atoms with Crippen molar-refractivity contribution in [3.8, 4) is 11.8 Å². The minimum absolute atomic E-state index is 0.113. The highest BCUT2D eigenvalue weighted by Crippen LogP contribution is 2.16. The molecule has 0 bridgehead atoms. The summed E-state index contributed by atoms with van der Waals surface area (Å²) in [5.74, 6) is 0.160. The van der Waals surface area contributed by atoms with E-state index in [9.17, 15) is 23.9 Å². The van der Waals surface area contributed by atoms with Gasteiger partial charge >= 0.3 is 5.97 Å². The summed E-state index contributed by atoms with van der Waals surface area (Å²) in [7, 11) is 0. The molecule has 208 valence electrons. The highest BCUT2D eigenvalue weighted by Gasteiger charge is 2.40. The van der Waals surface area contributed by atoms with Crippen LogP contribution in [0.2, 0.25) is 0 Å². The van der Waals surface area contributed by atoms with Crippen molar-refractivity contribution in [3.05, 3.63) is 70.8 Å². The van der Waals surface area contributed by atoms with Crippen LogP contribution in [0.4, 0.5) is 4.39 Å². The van der Waals surface area contributed by atoms with Crippen LogP contribution in [-0.2, 0) is 25.7 Å². The Bertz CT molecular complexity index is 1220. The van der Waals surface area contributed by atoms with Crippen LogP contribution in [-0.4, -0.2) is 66.0 Å². The predicted octanol–water partition coefficient (Wildman–Crippen LogP) is 2.32. The second kappa shape index (κ2) is 12.8. The van der Waals surface area contributed by atoms with Gasteiger partial charge in [0, 0.05) is 36.3 Å². The highest BCUT2D eigenvalue weighted by atomic mass is 19.2. The van der Waals surface area contributed by atoms with Crippen LogP contribution in [0.1, 0.15) is 54.7 Å². The normalized spacial score (nSPS) is 16.2. The Hall–Kier alpha value is -3.78. The molecule has 1 aliphatic heterocycles. The Labute approximate surface area is 227 Å². The van der Waals surface area contributed by atoms with Crippen LogP contribution < -0.4 is 10.8 Å². The number of rotatable bonds is 6. The van der Waals surface area contributed by atoms with E-state index in [0.717, 1.165) is 38.4 Å². The molecule has 1 heterocycles. The van der Waals surface area contributed by atoms with Crippen molar-refractivity contribution >= 4 is 17.8 Å².